The highest BCUT2D eigenvalue weighted by Crippen LogP contribution is 2.18. The Morgan fingerprint density at radius 2 is 1.89 bits per heavy atom. The van der Waals surface area contributed by atoms with E-state index in [2.05, 4.69) is 15.0 Å². The molecule has 0 bridgehead atoms. The van der Waals surface area contributed by atoms with Crippen LogP contribution in [-0.2, 0) is 0 Å². The number of nitrogens with two attached hydrogens (primary N) is 1. The van der Waals surface area contributed by atoms with Gasteiger partial charge in [-0.1, -0.05) is 0 Å². The van der Waals surface area contributed by atoms with Crippen molar-refractivity contribution in [1.29, 1.82) is 0 Å². The number of primary amides is 1. The van der Waals surface area contributed by atoms with Crippen LogP contribution in [-0.4, -0.2) is 25.4 Å². The van der Waals surface area contributed by atoms with Crippen LogP contribution in [0.25, 0.3) is 16.9 Å². The summed E-state index contributed by atoms with van der Waals surface area (Å²) in [4.78, 5) is 23.7. The Labute approximate surface area is 102 Å². The van der Waals surface area contributed by atoms with Crippen LogP contribution in [0.3, 0.4) is 0 Å². The van der Waals surface area contributed by atoms with E-state index < -0.39 is 5.91 Å². The number of pyridine rings is 2. The highest BCUT2D eigenvalue weighted by atomic mass is 16.1. The Kier molecular flexibility index (Phi) is 2.26. The van der Waals surface area contributed by atoms with Crippen molar-refractivity contribution in [3.05, 3.63) is 48.7 Å². The Morgan fingerprint density at radius 1 is 1.11 bits per heavy atom. The zero-order chi connectivity index (χ0) is 12.5. The van der Waals surface area contributed by atoms with E-state index >= 15 is 0 Å². The maximum absolute atomic E-state index is 11.4. The Morgan fingerprint density at radius 3 is 2.72 bits per heavy atom. The Balaban J connectivity index is 2.30. The average Bonchev–Trinajstić information content (AvgIpc) is 2.82. The molecule has 0 fully saturated rings. The Bertz CT molecular complexity index is 734. The molecule has 3 aromatic heterocycles. The van der Waals surface area contributed by atoms with E-state index in [1.807, 2.05) is 6.07 Å². The molecule has 6 heteroatoms. The third kappa shape index (κ3) is 1.51. The van der Waals surface area contributed by atoms with E-state index in [0.29, 0.717) is 11.3 Å². The van der Waals surface area contributed by atoms with Crippen molar-refractivity contribution in [2.45, 2.75) is 0 Å². The van der Waals surface area contributed by atoms with Crippen molar-refractivity contribution in [1.82, 2.24) is 19.5 Å². The smallest absolute Gasteiger partial charge is 0.269 e. The second-order valence-corrected chi connectivity index (χ2v) is 3.70. The fraction of sp³-hybridized carbons (Fsp3) is 0. The van der Waals surface area contributed by atoms with Crippen molar-refractivity contribution in [2.24, 2.45) is 5.73 Å². The van der Waals surface area contributed by atoms with Gasteiger partial charge in [-0.2, -0.15) is 0 Å². The average molecular weight is 239 g/mol. The van der Waals surface area contributed by atoms with Gasteiger partial charge >= 0.3 is 0 Å². The van der Waals surface area contributed by atoms with Gasteiger partial charge in [0.2, 0.25) is 0 Å². The van der Waals surface area contributed by atoms with Crippen LogP contribution < -0.4 is 5.73 Å². The first-order valence-corrected chi connectivity index (χ1v) is 5.30. The van der Waals surface area contributed by atoms with Crippen LogP contribution >= 0.6 is 0 Å². The molecule has 0 aliphatic rings. The van der Waals surface area contributed by atoms with Crippen LogP contribution in [0.2, 0.25) is 0 Å². The number of imidazole rings is 1. The minimum Gasteiger partial charge on any atom is -0.364 e. The number of hydrogen-bond acceptors (Lipinski definition) is 4. The lowest BCUT2D eigenvalue weighted by Crippen LogP contribution is -2.16. The molecule has 0 saturated heterocycles. The van der Waals surface area contributed by atoms with Gasteiger partial charge in [0.1, 0.15) is 6.33 Å². The fourth-order valence-electron chi connectivity index (χ4n) is 1.82. The maximum atomic E-state index is 11.4. The molecule has 3 heterocycles. The number of rotatable bonds is 2. The lowest BCUT2D eigenvalue weighted by molar-refractivity contribution is 0.0995. The van der Waals surface area contributed by atoms with Gasteiger partial charge in [0, 0.05) is 12.4 Å². The second-order valence-electron chi connectivity index (χ2n) is 3.70. The third-order valence-electron chi connectivity index (χ3n) is 2.60. The van der Waals surface area contributed by atoms with Gasteiger partial charge in [0.05, 0.1) is 11.2 Å². The topological polar surface area (TPSA) is 86.7 Å². The minimum atomic E-state index is -0.573. The number of nitrogens with zero attached hydrogens (tertiary/aromatic N) is 4. The van der Waals surface area contributed by atoms with Crippen LogP contribution in [0.15, 0.2) is 43.0 Å². The third-order valence-corrected chi connectivity index (χ3v) is 2.60. The second kappa shape index (κ2) is 3.92. The highest BCUT2D eigenvalue weighted by molar-refractivity contribution is 5.95. The predicted molar refractivity (Wildman–Crippen MR) is 65.2 cm³/mol. The molecule has 0 aromatic carbocycles. The minimum absolute atomic E-state index is 0.209. The molecule has 3 aromatic rings. The van der Waals surface area contributed by atoms with Crippen molar-refractivity contribution in [3.8, 4) is 5.69 Å². The number of fused-ring (bicyclic) bond motifs is 1. The van der Waals surface area contributed by atoms with Gasteiger partial charge in [0.15, 0.2) is 11.3 Å². The molecule has 88 valence electrons. The monoisotopic (exact) mass is 239 g/mol. The summed E-state index contributed by atoms with van der Waals surface area (Å²) >= 11 is 0. The van der Waals surface area contributed by atoms with Gasteiger partial charge in [-0.3, -0.25) is 9.36 Å². The van der Waals surface area contributed by atoms with Gasteiger partial charge in [-0.05, 0) is 24.3 Å². The van der Waals surface area contributed by atoms with Crippen molar-refractivity contribution in [2.75, 3.05) is 0 Å². The molecule has 0 aliphatic carbocycles. The molecule has 0 unspecified atom stereocenters. The molecule has 2 N–H and O–H groups in total. The molecular formula is C12H9N5O. The zero-order valence-corrected chi connectivity index (χ0v) is 9.32. The Hall–Kier alpha value is -2.76. The van der Waals surface area contributed by atoms with Crippen LogP contribution in [0.5, 0.6) is 0 Å². The lowest BCUT2D eigenvalue weighted by atomic mass is 10.2. The fourth-order valence-corrected chi connectivity index (χ4v) is 1.82. The van der Waals surface area contributed by atoms with Crippen molar-refractivity contribution < 1.29 is 4.79 Å². The summed E-state index contributed by atoms with van der Waals surface area (Å²) in [6.45, 7) is 0. The first kappa shape index (κ1) is 10.4. The summed E-state index contributed by atoms with van der Waals surface area (Å²) in [5.74, 6) is -0.573. The van der Waals surface area contributed by atoms with E-state index in [1.165, 1.54) is 6.20 Å². The number of aromatic nitrogens is 4. The molecule has 3 rings (SSSR count). The predicted octanol–water partition coefficient (Wildman–Crippen LogP) is 0.914. The van der Waals surface area contributed by atoms with E-state index in [4.69, 9.17) is 5.73 Å². The van der Waals surface area contributed by atoms with Crippen LogP contribution in [0, 0.1) is 0 Å². The molecule has 0 aliphatic heterocycles. The highest BCUT2D eigenvalue weighted by Gasteiger charge is 2.13. The summed E-state index contributed by atoms with van der Waals surface area (Å²) in [5.41, 5.74) is 7.53. The van der Waals surface area contributed by atoms with E-state index in [9.17, 15) is 4.79 Å². The summed E-state index contributed by atoms with van der Waals surface area (Å²) in [5, 5.41) is 0. The largest absolute Gasteiger partial charge is 0.364 e. The zero-order valence-electron chi connectivity index (χ0n) is 9.32. The molecule has 0 spiro atoms. The van der Waals surface area contributed by atoms with Crippen LogP contribution in [0.1, 0.15) is 10.5 Å². The summed E-state index contributed by atoms with van der Waals surface area (Å²) < 4.78 is 1.75. The van der Waals surface area contributed by atoms with Crippen molar-refractivity contribution >= 4 is 17.1 Å². The molecule has 0 atom stereocenters. The first-order chi connectivity index (χ1) is 8.77. The number of amides is 1. The molecular weight excluding hydrogens is 230 g/mol. The van der Waals surface area contributed by atoms with Gasteiger partial charge < -0.3 is 5.73 Å². The molecule has 1 amide bonds. The lowest BCUT2D eigenvalue weighted by Gasteiger charge is -2.06. The number of carbonyl (C=O) groups excluding carboxylic acids is 1. The summed E-state index contributed by atoms with van der Waals surface area (Å²) in [6, 6.07) is 7.18. The quantitative estimate of drug-likeness (QED) is 0.720. The van der Waals surface area contributed by atoms with Gasteiger partial charge in [-0.25, -0.2) is 15.0 Å². The molecule has 18 heavy (non-hydrogen) atoms. The first-order valence-electron chi connectivity index (χ1n) is 5.30. The van der Waals surface area contributed by atoms with E-state index in [1.54, 1.807) is 35.3 Å². The van der Waals surface area contributed by atoms with E-state index in [-0.39, 0.29) is 5.69 Å². The van der Waals surface area contributed by atoms with E-state index in [0.717, 1.165) is 5.52 Å². The number of hydrogen-bond donors (Lipinski definition) is 1. The van der Waals surface area contributed by atoms with Gasteiger partial charge in [-0.15, -0.1) is 0 Å². The van der Waals surface area contributed by atoms with Gasteiger partial charge in [0.25, 0.3) is 5.91 Å². The van der Waals surface area contributed by atoms with Crippen LogP contribution in [0.4, 0.5) is 0 Å². The molecule has 6 nitrogen and oxygen atoms in total. The standard InChI is InChI=1S/C12H9N5O/c13-11(18)10-8(3-1-5-14-10)17-7-16-12-9(17)4-2-6-15-12/h1-7H,(H2,13,18). The molecule has 0 saturated carbocycles. The number of carbonyl (C=O) groups is 1. The normalized spacial score (nSPS) is 10.7. The SMILES string of the molecule is NC(=O)c1ncccc1-n1cnc2ncccc21. The molecule has 0 radical (unpaired) electrons. The maximum Gasteiger partial charge on any atom is 0.269 e. The summed E-state index contributed by atoms with van der Waals surface area (Å²) in [6.07, 6.45) is 4.79. The van der Waals surface area contributed by atoms with Crippen molar-refractivity contribution in [3.63, 3.8) is 0 Å². The summed E-state index contributed by atoms with van der Waals surface area (Å²) in [7, 11) is 0.